The van der Waals surface area contributed by atoms with E-state index in [2.05, 4.69) is 0 Å². The molecule has 1 N–H and O–H groups in total. The normalized spacial score (nSPS) is 18.0. The van der Waals surface area contributed by atoms with Gasteiger partial charge in [-0.3, -0.25) is 4.79 Å². The van der Waals surface area contributed by atoms with Gasteiger partial charge in [-0.15, -0.1) is 0 Å². The molecule has 1 aromatic rings. The van der Waals surface area contributed by atoms with Crippen molar-refractivity contribution in [1.82, 2.24) is 4.90 Å². The molecule has 1 fully saturated rings. The van der Waals surface area contributed by atoms with Crippen LogP contribution in [0.2, 0.25) is 0 Å². The zero-order valence-electron chi connectivity index (χ0n) is 13.2. The summed E-state index contributed by atoms with van der Waals surface area (Å²) in [6.07, 6.45) is 2.36. The minimum atomic E-state index is -3.15. The van der Waals surface area contributed by atoms with E-state index in [1.165, 1.54) is 12.1 Å². The molecule has 1 heterocycles. The first-order valence-electron chi connectivity index (χ1n) is 7.59. The highest BCUT2D eigenvalue weighted by atomic mass is 32.2. The molecule has 2 rings (SSSR count). The van der Waals surface area contributed by atoms with Gasteiger partial charge in [0.2, 0.25) is 5.91 Å². The Hall–Kier alpha value is -1.47. The molecule has 1 aliphatic rings. The molecule has 1 aliphatic heterocycles. The summed E-state index contributed by atoms with van der Waals surface area (Å²) in [5, 5.41) is 10.6. The number of aliphatic hydroxyl groups is 1. The number of halogens is 1. The van der Waals surface area contributed by atoms with Gasteiger partial charge < -0.3 is 10.0 Å². The van der Waals surface area contributed by atoms with E-state index in [0.717, 1.165) is 11.8 Å². The number of hydrogen-bond acceptors (Lipinski definition) is 4. The van der Waals surface area contributed by atoms with Crippen molar-refractivity contribution in [3.05, 3.63) is 35.6 Å². The number of nitrogens with zero attached hydrogens (tertiary/aromatic N) is 1. The van der Waals surface area contributed by atoms with Crippen molar-refractivity contribution in [3.8, 4) is 0 Å². The van der Waals surface area contributed by atoms with Gasteiger partial charge in [0.1, 0.15) is 15.7 Å². The van der Waals surface area contributed by atoms with E-state index in [1.54, 1.807) is 17.0 Å². The Morgan fingerprint density at radius 2 is 1.83 bits per heavy atom. The number of benzene rings is 1. The summed E-state index contributed by atoms with van der Waals surface area (Å²) < 4.78 is 35.1. The second-order valence-corrected chi connectivity index (χ2v) is 8.55. The lowest BCUT2D eigenvalue weighted by molar-refractivity contribution is -0.134. The van der Waals surface area contributed by atoms with Crippen LogP contribution in [0.1, 0.15) is 24.8 Å². The highest BCUT2D eigenvalue weighted by Gasteiger charge is 2.34. The third kappa shape index (κ3) is 5.58. The van der Waals surface area contributed by atoms with Crippen molar-refractivity contribution < 1.29 is 22.7 Å². The lowest BCUT2D eigenvalue weighted by Gasteiger charge is -2.38. The van der Waals surface area contributed by atoms with Crippen molar-refractivity contribution in [2.75, 3.05) is 25.1 Å². The third-order valence-corrected chi connectivity index (χ3v) is 5.13. The fraction of sp³-hybridized carbons (Fsp3) is 0.562. The molecule has 128 valence electrons. The molecule has 0 radical (unpaired) electrons. The van der Waals surface area contributed by atoms with Gasteiger partial charge in [0.25, 0.3) is 0 Å². The average molecular weight is 343 g/mol. The smallest absolute Gasteiger partial charge is 0.223 e. The van der Waals surface area contributed by atoms with E-state index in [0.29, 0.717) is 32.4 Å². The maximum absolute atomic E-state index is 12.9. The van der Waals surface area contributed by atoms with Crippen LogP contribution in [0.15, 0.2) is 24.3 Å². The summed E-state index contributed by atoms with van der Waals surface area (Å²) in [5.74, 6) is -0.659. The minimum Gasteiger partial charge on any atom is -0.389 e. The monoisotopic (exact) mass is 343 g/mol. The van der Waals surface area contributed by atoms with Gasteiger partial charge in [0.15, 0.2) is 0 Å². The molecule has 23 heavy (non-hydrogen) atoms. The quantitative estimate of drug-likeness (QED) is 0.870. The molecule has 0 aromatic heterocycles. The summed E-state index contributed by atoms with van der Waals surface area (Å²) in [6, 6.07) is 6.03. The van der Waals surface area contributed by atoms with E-state index >= 15 is 0 Å². The van der Waals surface area contributed by atoms with Gasteiger partial charge in [0.05, 0.1) is 11.4 Å². The molecule has 0 bridgehead atoms. The van der Waals surface area contributed by atoms with Crippen LogP contribution in [0.5, 0.6) is 0 Å². The molecule has 0 saturated carbocycles. The average Bonchev–Trinajstić information content (AvgIpc) is 2.47. The zero-order valence-corrected chi connectivity index (χ0v) is 14.0. The Balaban J connectivity index is 1.87. The topological polar surface area (TPSA) is 74.7 Å². The first-order valence-corrected chi connectivity index (χ1v) is 9.65. The molecule has 5 nitrogen and oxygen atoms in total. The van der Waals surface area contributed by atoms with E-state index in [-0.39, 0.29) is 23.9 Å². The van der Waals surface area contributed by atoms with E-state index < -0.39 is 15.4 Å². The lowest BCUT2D eigenvalue weighted by Crippen LogP contribution is -2.48. The van der Waals surface area contributed by atoms with Gasteiger partial charge in [-0.25, -0.2) is 12.8 Å². The van der Waals surface area contributed by atoms with Gasteiger partial charge in [0, 0.05) is 32.2 Å². The molecule has 1 amide bonds. The number of carbonyl (C=O) groups is 1. The summed E-state index contributed by atoms with van der Waals surface area (Å²) >= 11 is 0. The van der Waals surface area contributed by atoms with Crippen molar-refractivity contribution in [2.45, 2.75) is 31.3 Å². The van der Waals surface area contributed by atoms with Crippen LogP contribution in [0.3, 0.4) is 0 Å². The van der Waals surface area contributed by atoms with Gasteiger partial charge in [-0.05, 0) is 30.5 Å². The molecule has 0 atom stereocenters. The van der Waals surface area contributed by atoms with Crippen LogP contribution < -0.4 is 0 Å². The molecule has 0 aliphatic carbocycles. The van der Waals surface area contributed by atoms with Gasteiger partial charge in [-0.2, -0.15) is 0 Å². The number of hydrogen-bond donors (Lipinski definition) is 1. The Morgan fingerprint density at radius 1 is 1.26 bits per heavy atom. The summed E-state index contributed by atoms with van der Waals surface area (Å²) in [7, 11) is -3.15. The zero-order chi connectivity index (χ0) is 17.1. The molecular formula is C16H22FNO4S. The number of piperidine rings is 1. The predicted molar refractivity (Wildman–Crippen MR) is 85.2 cm³/mol. The van der Waals surface area contributed by atoms with Crippen LogP contribution in [0, 0.1) is 5.82 Å². The Bertz CT molecular complexity index is 649. The minimum absolute atomic E-state index is 0.0186. The van der Waals surface area contributed by atoms with Gasteiger partial charge >= 0.3 is 0 Å². The first kappa shape index (κ1) is 17.9. The SMILES string of the molecule is CS(=O)(=O)CCC(=O)N1CCC(O)(Cc2ccc(F)cc2)CC1. The molecule has 0 unspecified atom stereocenters. The van der Waals surface area contributed by atoms with Crippen LogP contribution in [-0.2, 0) is 21.1 Å². The van der Waals surface area contributed by atoms with Crippen molar-refractivity contribution in [1.29, 1.82) is 0 Å². The van der Waals surface area contributed by atoms with Gasteiger partial charge in [-0.1, -0.05) is 12.1 Å². The predicted octanol–water partition coefficient (Wildman–Crippen LogP) is 1.16. The maximum Gasteiger partial charge on any atom is 0.223 e. The van der Waals surface area contributed by atoms with E-state index in [4.69, 9.17) is 0 Å². The first-order chi connectivity index (χ1) is 10.7. The Labute approximate surface area is 136 Å². The Morgan fingerprint density at radius 3 is 2.35 bits per heavy atom. The molecule has 7 heteroatoms. The van der Waals surface area contributed by atoms with Crippen LogP contribution in [-0.4, -0.2) is 55.0 Å². The van der Waals surface area contributed by atoms with Crippen LogP contribution >= 0.6 is 0 Å². The number of sulfone groups is 1. The third-order valence-electron chi connectivity index (χ3n) is 4.18. The van der Waals surface area contributed by atoms with E-state index in [1.807, 2.05) is 0 Å². The fourth-order valence-corrected chi connectivity index (χ4v) is 3.31. The second-order valence-electron chi connectivity index (χ2n) is 6.29. The summed E-state index contributed by atoms with van der Waals surface area (Å²) in [6.45, 7) is 0.806. The Kier molecular flexibility index (Phi) is 5.41. The van der Waals surface area contributed by atoms with Crippen molar-refractivity contribution in [3.63, 3.8) is 0 Å². The highest BCUT2D eigenvalue weighted by Crippen LogP contribution is 2.26. The van der Waals surface area contributed by atoms with Crippen LogP contribution in [0.4, 0.5) is 4.39 Å². The summed E-state index contributed by atoms with van der Waals surface area (Å²) in [5.41, 5.74) is -0.0587. The molecule has 0 spiro atoms. The number of likely N-dealkylation sites (tertiary alicyclic amines) is 1. The number of rotatable bonds is 5. The highest BCUT2D eigenvalue weighted by molar-refractivity contribution is 7.90. The van der Waals surface area contributed by atoms with E-state index in [9.17, 15) is 22.7 Å². The summed E-state index contributed by atoms with van der Waals surface area (Å²) in [4.78, 5) is 13.6. The molecular weight excluding hydrogens is 321 g/mol. The van der Waals surface area contributed by atoms with Crippen LogP contribution in [0.25, 0.3) is 0 Å². The maximum atomic E-state index is 12.9. The fourth-order valence-electron chi connectivity index (χ4n) is 2.76. The largest absolute Gasteiger partial charge is 0.389 e. The van der Waals surface area contributed by atoms with Crippen molar-refractivity contribution >= 4 is 15.7 Å². The van der Waals surface area contributed by atoms with Crippen molar-refractivity contribution in [2.24, 2.45) is 0 Å². The second kappa shape index (κ2) is 6.97. The number of amides is 1. The lowest BCUT2D eigenvalue weighted by atomic mass is 9.85. The standard InChI is InChI=1S/C16H22FNO4S/c1-23(21,22)11-6-15(19)18-9-7-16(20,8-10-18)12-13-2-4-14(17)5-3-13/h2-5,20H,6-12H2,1H3. The molecule has 1 saturated heterocycles. The molecule has 1 aromatic carbocycles. The number of carbonyl (C=O) groups excluding carboxylic acids is 1.